The smallest absolute Gasteiger partial charge is 0.335 e. The zero-order valence-corrected chi connectivity index (χ0v) is 11.7. The van der Waals surface area contributed by atoms with E-state index in [-0.39, 0.29) is 0 Å². The van der Waals surface area contributed by atoms with Crippen LogP contribution in [0.3, 0.4) is 0 Å². The maximum Gasteiger partial charge on any atom is 0.335 e. The zero-order valence-electron chi connectivity index (χ0n) is 11.7. The third-order valence-corrected chi connectivity index (χ3v) is 3.04. The van der Waals surface area contributed by atoms with E-state index in [1.807, 2.05) is 29.2 Å². The van der Waals surface area contributed by atoms with Gasteiger partial charge in [-0.15, -0.1) is 0 Å². The number of benzene rings is 1. The lowest BCUT2D eigenvalue weighted by molar-refractivity contribution is 0.0697. The second-order valence-electron chi connectivity index (χ2n) is 5.03. The predicted molar refractivity (Wildman–Crippen MR) is 76.6 cm³/mol. The Morgan fingerprint density at radius 3 is 2.45 bits per heavy atom. The topological polar surface area (TPSA) is 67.2 Å². The lowest BCUT2D eigenvalue weighted by atomic mass is 10.1. The molecule has 0 aliphatic carbocycles. The Balaban J connectivity index is 1.84. The molecule has 0 fully saturated rings. The number of hydrogen-bond acceptors (Lipinski definition) is 3. The van der Waals surface area contributed by atoms with Gasteiger partial charge in [-0.3, -0.25) is 4.68 Å². The van der Waals surface area contributed by atoms with Crippen LogP contribution in [0.15, 0.2) is 36.7 Å². The predicted octanol–water partition coefficient (Wildman–Crippen LogP) is 2.45. The molecule has 2 aromatic rings. The molecule has 0 saturated heterocycles. The molecule has 0 unspecified atom stereocenters. The fourth-order valence-electron chi connectivity index (χ4n) is 1.87. The summed E-state index contributed by atoms with van der Waals surface area (Å²) in [5.74, 6) is -0.898. The minimum atomic E-state index is -0.898. The van der Waals surface area contributed by atoms with Crippen molar-refractivity contribution in [2.45, 2.75) is 33.0 Å². The van der Waals surface area contributed by atoms with Crippen molar-refractivity contribution in [3.05, 3.63) is 53.3 Å². The number of carboxylic acid groups (broad SMARTS) is 1. The highest BCUT2D eigenvalue weighted by atomic mass is 16.4. The van der Waals surface area contributed by atoms with Gasteiger partial charge in [-0.2, -0.15) is 5.10 Å². The second-order valence-corrected chi connectivity index (χ2v) is 5.03. The number of nitrogens with one attached hydrogen (secondary N) is 1. The minimum absolute atomic E-state index is 0.312. The Labute approximate surface area is 118 Å². The van der Waals surface area contributed by atoms with Gasteiger partial charge in [0.15, 0.2) is 0 Å². The van der Waals surface area contributed by atoms with Crippen LogP contribution >= 0.6 is 0 Å². The van der Waals surface area contributed by atoms with Gasteiger partial charge in [-0.1, -0.05) is 12.1 Å². The number of aromatic nitrogens is 2. The highest BCUT2D eigenvalue weighted by Gasteiger charge is 2.03. The Morgan fingerprint density at radius 2 is 1.90 bits per heavy atom. The molecule has 5 heteroatoms. The Kier molecular flexibility index (Phi) is 4.53. The molecule has 0 radical (unpaired) electrons. The van der Waals surface area contributed by atoms with Crippen LogP contribution in [-0.2, 0) is 13.1 Å². The van der Waals surface area contributed by atoms with E-state index in [2.05, 4.69) is 24.3 Å². The van der Waals surface area contributed by atoms with Crippen LogP contribution in [0.4, 0.5) is 0 Å². The fourth-order valence-corrected chi connectivity index (χ4v) is 1.87. The molecule has 0 spiro atoms. The van der Waals surface area contributed by atoms with E-state index in [4.69, 9.17) is 5.11 Å². The Hall–Kier alpha value is -2.14. The molecule has 1 heterocycles. The summed E-state index contributed by atoms with van der Waals surface area (Å²) in [6, 6.07) is 7.26. The van der Waals surface area contributed by atoms with Gasteiger partial charge in [0.05, 0.1) is 11.8 Å². The van der Waals surface area contributed by atoms with Crippen molar-refractivity contribution >= 4 is 5.97 Å². The average molecular weight is 273 g/mol. The van der Waals surface area contributed by atoms with Crippen molar-refractivity contribution in [3.8, 4) is 0 Å². The number of nitrogens with zero attached hydrogens (tertiary/aromatic N) is 2. The van der Waals surface area contributed by atoms with Gasteiger partial charge in [0.2, 0.25) is 0 Å². The molecule has 1 aromatic heterocycles. The molecule has 0 aliphatic rings. The van der Waals surface area contributed by atoms with Gasteiger partial charge in [0, 0.05) is 30.9 Å². The molecule has 0 aliphatic heterocycles. The van der Waals surface area contributed by atoms with Crippen LogP contribution in [-0.4, -0.2) is 20.9 Å². The molecule has 0 saturated carbocycles. The van der Waals surface area contributed by atoms with Crippen LogP contribution in [0.25, 0.3) is 0 Å². The van der Waals surface area contributed by atoms with E-state index < -0.39 is 5.97 Å². The van der Waals surface area contributed by atoms with E-state index in [0.717, 1.165) is 17.7 Å². The standard InChI is InChI=1S/C15H19N3O2/c1-11(2)18-10-13(9-17-18)8-16-7-12-3-5-14(6-4-12)15(19)20/h3-6,9-11,16H,7-8H2,1-2H3,(H,19,20). The van der Waals surface area contributed by atoms with Gasteiger partial charge in [-0.25, -0.2) is 4.79 Å². The van der Waals surface area contributed by atoms with Gasteiger partial charge < -0.3 is 10.4 Å². The van der Waals surface area contributed by atoms with Crippen molar-refractivity contribution < 1.29 is 9.90 Å². The first kappa shape index (κ1) is 14.3. The van der Waals surface area contributed by atoms with Gasteiger partial charge in [0.25, 0.3) is 0 Å². The van der Waals surface area contributed by atoms with Crippen molar-refractivity contribution in [1.82, 2.24) is 15.1 Å². The van der Waals surface area contributed by atoms with Crippen LogP contribution < -0.4 is 5.32 Å². The van der Waals surface area contributed by atoms with Crippen molar-refractivity contribution in [3.63, 3.8) is 0 Å². The summed E-state index contributed by atoms with van der Waals surface area (Å²) < 4.78 is 1.93. The van der Waals surface area contributed by atoms with E-state index >= 15 is 0 Å². The van der Waals surface area contributed by atoms with Crippen molar-refractivity contribution in [2.24, 2.45) is 0 Å². The third kappa shape index (κ3) is 3.68. The average Bonchev–Trinajstić information content (AvgIpc) is 2.88. The highest BCUT2D eigenvalue weighted by molar-refractivity contribution is 5.87. The molecule has 20 heavy (non-hydrogen) atoms. The fraction of sp³-hybridized carbons (Fsp3) is 0.333. The number of aromatic carboxylic acids is 1. The first-order chi connectivity index (χ1) is 9.56. The van der Waals surface area contributed by atoms with Crippen LogP contribution in [0, 0.1) is 0 Å². The quantitative estimate of drug-likeness (QED) is 0.848. The first-order valence-corrected chi connectivity index (χ1v) is 6.62. The molecule has 106 valence electrons. The van der Waals surface area contributed by atoms with Gasteiger partial charge in [-0.05, 0) is 31.5 Å². The van der Waals surface area contributed by atoms with E-state index in [1.54, 1.807) is 12.1 Å². The normalized spacial score (nSPS) is 10.9. The summed E-state index contributed by atoms with van der Waals surface area (Å²) >= 11 is 0. The van der Waals surface area contributed by atoms with Crippen LogP contribution in [0.5, 0.6) is 0 Å². The molecule has 5 nitrogen and oxygen atoms in total. The summed E-state index contributed by atoms with van der Waals surface area (Å²) in [5, 5.41) is 16.4. The highest BCUT2D eigenvalue weighted by Crippen LogP contribution is 2.07. The molecular formula is C15H19N3O2. The summed E-state index contributed by atoms with van der Waals surface area (Å²) in [4.78, 5) is 10.7. The van der Waals surface area contributed by atoms with Crippen molar-refractivity contribution in [1.29, 1.82) is 0 Å². The minimum Gasteiger partial charge on any atom is -0.478 e. The number of carbonyl (C=O) groups is 1. The molecule has 0 atom stereocenters. The lowest BCUT2D eigenvalue weighted by Gasteiger charge is -2.05. The second kappa shape index (κ2) is 6.34. The number of hydrogen-bond donors (Lipinski definition) is 2. The summed E-state index contributed by atoms with van der Waals surface area (Å²) in [6.45, 7) is 5.63. The summed E-state index contributed by atoms with van der Waals surface area (Å²) in [5.41, 5.74) is 2.51. The van der Waals surface area contributed by atoms with E-state index in [1.165, 1.54) is 0 Å². The van der Waals surface area contributed by atoms with Crippen LogP contribution in [0.1, 0.15) is 41.4 Å². The molecule has 0 bridgehead atoms. The SMILES string of the molecule is CC(C)n1cc(CNCc2ccc(C(=O)O)cc2)cn1. The maximum atomic E-state index is 10.7. The maximum absolute atomic E-state index is 10.7. The molecule has 2 rings (SSSR count). The Bertz CT molecular complexity index is 573. The Morgan fingerprint density at radius 1 is 1.25 bits per heavy atom. The number of rotatable bonds is 6. The summed E-state index contributed by atoms with van der Waals surface area (Å²) in [7, 11) is 0. The largest absolute Gasteiger partial charge is 0.478 e. The molecule has 2 N–H and O–H groups in total. The van der Waals surface area contributed by atoms with Crippen LogP contribution in [0.2, 0.25) is 0 Å². The molecule has 1 aromatic carbocycles. The van der Waals surface area contributed by atoms with Gasteiger partial charge in [0.1, 0.15) is 0 Å². The van der Waals surface area contributed by atoms with Crippen molar-refractivity contribution in [2.75, 3.05) is 0 Å². The number of carboxylic acids is 1. The first-order valence-electron chi connectivity index (χ1n) is 6.62. The van der Waals surface area contributed by atoms with E-state index in [0.29, 0.717) is 18.2 Å². The van der Waals surface area contributed by atoms with Gasteiger partial charge >= 0.3 is 5.97 Å². The van der Waals surface area contributed by atoms with E-state index in [9.17, 15) is 4.79 Å². The third-order valence-electron chi connectivity index (χ3n) is 3.04. The monoisotopic (exact) mass is 273 g/mol. The molecule has 0 amide bonds. The zero-order chi connectivity index (χ0) is 14.5. The summed E-state index contributed by atoms with van der Waals surface area (Å²) in [6.07, 6.45) is 3.89. The lowest BCUT2D eigenvalue weighted by Crippen LogP contribution is -2.12. The molecular weight excluding hydrogens is 254 g/mol.